The second kappa shape index (κ2) is 6.02. The van der Waals surface area contributed by atoms with Crippen molar-refractivity contribution in [3.8, 4) is 0 Å². The van der Waals surface area contributed by atoms with Crippen molar-refractivity contribution in [3.05, 3.63) is 0 Å². The van der Waals surface area contributed by atoms with Gasteiger partial charge in [0.1, 0.15) is 0 Å². The Labute approximate surface area is 92.7 Å². The lowest BCUT2D eigenvalue weighted by Gasteiger charge is -2.32. The predicted molar refractivity (Wildman–Crippen MR) is 64.7 cm³/mol. The summed E-state index contributed by atoms with van der Waals surface area (Å²) < 4.78 is 0. The zero-order chi connectivity index (χ0) is 10.6. The van der Waals surface area contributed by atoms with Gasteiger partial charge in [-0.25, -0.2) is 0 Å². The highest BCUT2D eigenvalue weighted by atomic mass is 32.2. The van der Waals surface area contributed by atoms with Gasteiger partial charge < -0.3 is 5.11 Å². The van der Waals surface area contributed by atoms with Crippen LogP contribution in [0.4, 0.5) is 0 Å². The molecule has 0 aromatic heterocycles. The molecule has 4 atom stereocenters. The number of aliphatic hydroxyl groups is 1. The monoisotopic (exact) mass is 216 g/mol. The summed E-state index contributed by atoms with van der Waals surface area (Å²) in [6.45, 7) is 7.22. The van der Waals surface area contributed by atoms with Crippen molar-refractivity contribution in [1.82, 2.24) is 0 Å². The van der Waals surface area contributed by atoms with Crippen LogP contribution < -0.4 is 0 Å². The Hall–Kier alpha value is 0.310. The van der Waals surface area contributed by atoms with Crippen LogP contribution in [0.15, 0.2) is 0 Å². The molecule has 0 aromatic carbocycles. The minimum absolute atomic E-state index is 0.339. The van der Waals surface area contributed by atoms with Crippen LogP contribution >= 0.6 is 11.8 Å². The fraction of sp³-hybridized carbons (Fsp3) is 1.00. The highest BCUT2D eigenvalue weighted by Gasteiger charge is 2.24. The molecular formula is C12H24OS. The average molecular weight is 216 g/mol. The van der Waals surface area contributed by atoms with E-state index in [0.717, 1.165) is 22.8 Å². The number of thioether (sulfide) groups is 1. The fourth-order valence-corrected chi connectivity index (χ4v) is 3.45. The molecule has 1 saturated carbocycles. The molecule has 0 spiro atoms. The maximum Gasteiger partial charge on any atom is 0.0464 e. The van der Waals surface area contributed by atoms with Gasteiger partial charge in [-0.3, -0.25) is 0 Å². The molecule has 1 N–H and O–H groups in total. The number of rotatable bonds is 4. The van der Waals surface area contributed by atoms with E-state index in [1.54, 1.807) is 0 Å². The SMILES string of the molecule is CC(CO)CSC1CCC(C)C(C)C1. The first-order valence-electron chi connectivity index (χ1n) is 5.86. The Bertz CT molecular complexity index is 160. The molecule has 0 saturated heterocycles. The van der Waals surface area contributed by atoms with Gasteiger partial charge in [0, 0.05) is 11.9 Å². The van der Waals surface area contributed by atoms with E-state index in [4.69, 9.17) is 5.11 Å². The van der Waals surface area contributed by atoms with Crippen molar-refractivity contribution >= 4 is 11.8 Å². The van der Waals surface area contributed by atoms with Crippen LogP contribution in [0.25, 0.3) is 0 Å². The Morgan fingerprint density at radius 2 is 2.00 bits per heavy atom. The average Bonchev–Trinajstić information content (AvgIpc) is 2.19. The second-order valence-electron chi connectivity index (χ2n) is 5.01. The van der Waals surface area contributed by atoms with Crippen molar-refractivity contribution in [1.29, 1.82) is 0 Å². The molecule has 0 amide bonds. The van der Waals surface area contributed by atoms with E-state index in [2.05, 4.69) is 32.5 Å². The first kappa shape index (κ1) is 12.4. The maximum absolute atomic E-state index is 8.94. The Balaban J connectivity index is 2.20. The van der Waals surface area contributed by atoms with E-state index in [-0.39, 0.29) is 0 Å². The first-order chi connectivity index (χ1) is 6.63. The lowest BCUT2D eigenvalue weighted by Crippen LogP contribution is -2.23. The molecule has 0 heterocycles. The van der Waals surface area contributed by atoms with Crippen molar-refractivity contribution in [2.24, 2.45) is 17.8 Å². The summed E-state index contributed by atoms with van der Waals surface area (Å²) in [6, 6.07) is 0. The van der Waals surface area contributed by atoms with Crippen LogP contribution in [-0.2, 0) is 0 Å². The topological polar surface area (TPSA) is 20.2 Å². The molecule has 84 valence electrons. The molecule has 1 rings (SSSR count). The molecule has 0 radical (unpaired) electrons. The van der Waals surface area contributed by atoms with Gasteiger partial charge in [-0.15, -0.1) is 0 Å². The molecule has 0 bridgehead atoms. The molecule has 14 heavy (non-hydrogen) atoms. The van der Waals surface area contributed by atoms with Crippen LogP contribution in [0.3, 0.4) is 0 Å². The Kier molecular flexibility index (Phi) is 5.32. The molecule has 1 fully saturated rings. The van der Waals surface area contributed by atoms with Gasteiger partial charge in [0.25, 0.3) is 0 Å². The largest absolute Gasteiger partial charge is 0.396 e. The van der Waals surface area contributed by atoms with Gasteiger partial charge in [0.15, 0.2) is 0 Å². The maximum atomic E-state index is 8.94. The lowest BCUT2D eigenvalue weighted by atomic mass is 9.81. The van der Waals surface area contributed by atoms with Gasteiger partial charge >= 0.3 is 0 Å². The third-order valence-corrected chi connectivity index (χ3v) is 5.14. The standard InChI is InChI=1S/C12H24OS/c1-9(7-13)8-14-12-5-4-10(2)11(3)6-12/h9-13H,4-8H2,1-3H3. The van der Waals surface area contributed by atoms with E-state index in [1.165, 1.54) is 19.3 Å². The van der Waals surface area contributed by atoms with Gasteiger partial charge in [0.2, 0.25) is 0 Å². The minimum atomic E-state index is 0.339. The molecule has 0 aromatic rings. The summed E-state index contributed by atoms with van der Waals surface area (Å²) >= 11 is 2.08. The van der Waals surface area contributed by atoms with Crippen LogP contribution in [0, 0.1) is 17.8 Å². The summed E-state index contributed by atoms with van der Waals surface area (Å²) in [5.41, 5.74) is 0. The van der Waals surface area contributed by atoms with Crippen LogP contribution in [0.5, 0.6) is 0 Å². The predicted octanol–water partition coefficient (Wildman–Crippen LogP) is 3.17. The van der Waals surface area contributed by atoms with Crippen LogP contribution in [0.2, 0.25) is 0 Å². The summed E-state index contributed by atoms with van der Waals surface area (Å²) in [6.07, 6.45) is 4.16. The van der Waals surface area contributed by atoms with Crippen molar-refractivity contribution < 1.29 is 5.11 Å². The summed E-state index contributed by atoms with van der Waals surface area (Å²) in [4.78, 5) is 0. The first-order valence-corrected chi connectivity index (χ1v) is 6.90. The van der Waals surface area contributed by atoms with E-state index >= 15 is 0 Å². The minimum Gasteiger partial charge on any atom is -0.396 e. The van der Waals surface area contributed by atoms with E-state index in [1.807, 2.05) is 0 Å². The highest BCUT2D eigenvalue weighted by molar-refractivity contribution is 7.99. The van der Waals surface area contributed by atoms with Gasteiger partial charge in [0.05, 0.1) is 0 Å². The molecule has 2 heteroatoms. The number of hydrogen-bond acceptors (Lipinski definition) is 2. The van der Waals surface area contributed by atoms with Crippen LogP contribution in [-0.4, -0.2) is 22.7 Å². The third-order valence-electron chi connectivity index (χ3n) is 3.48. The van der Waals surface area contributed by atoms with Crippen LogP contribution in [0.1, 0.15) is 40.0 Å². The highest BCUT2D eigenvalue weighted by Crippen LogP contribution is 2.36. The number of aliphatic hydroxyl groups excluding tert-OH is 1. The second-order valence-corrected chi connectivity index (χ2v) is 6.34. The zero-order valence-electron chi connectivity index (χ0n) is 9.70. The normalized spacial score (nSPS) is 35.6. The lowest BCUT2D eigenvalue weighted by molar-refractivity contribution is 0.249. The smallest absolute Gasteiger partial charge is 0.0464 e. The number of hydrogen-bond donors (Lipinski definition) is 1. The van der Waals surface area contributed by atoms with Crippen molar-refractivity contribution in [2.75, 3.05) is 12.4 Å². The summed E-state index contributed by atoms with van der Waals surface area (Å²) in [5, 5.41) is 9.80. The van der Waals surface area contributed by atoms with Crippen molar-refractivity contribution in [2.45, 2.75) is 45.3 Å². The zero-order valence-corrected chi connectivity index (χ0v) is 10.5. The molecule has 1 nitrogen and oxygen atoms in total. The van der Waals surface area contributed by atoms with E-state index in [9.17, 15) is 0 Å². The summed E-state index contributed by atoms with van der Waals surface area (Å²) in [5.74, 6) is 3.41. The molecule has 0 aliphatic heterocycles. The van der Waals surface area contributed by atoms with Gasteiger partial charge in [-0.2, -0.15) is 11.8 Å². The molecule has 1 aliphatic carbocycles. The molecule has 4 unspecified atom stereocenters. The Morgan fingerprint density at radius 3 is 2.57 bits per heavy atom. The van der Waals surface area contributed by atoms with Gasteiger partial charge in [-0.1, -0.05) is 20.8 Å². The van der Waals surface area contributed by atoms with E-state index in [0.29, 0.717) is 12.5 Å². The Morgan fingerprint density at radius 1 is 1.29 bits per heavy atom. The molecule has 1 aliphatic rings. The summed E-state index contributed by atoms with van der Waals surface area (Å²) in [7, 11) is 0. The van der Waals surface area contributed by atoms with Crippen molar-refractivity contribution in [3.63, 3.8) is 0 Å². The quantitative estimate of drug-likeness (QED) is 0.779. The van der Waals surface area contributed by atoms with Gasteiger partial charge in [-0.05, 0) is 42.8 Å². The third kappa shape index (κ3) is 3.82. The fourth-order valence-electron chi connectivity index (χ4n) is 2.00. The molecular weight excluding hydrogens is 192 g/mol. The van der Waals surface area contributed by atoms with E-state index < -0.39 is 0 Å².